The van der Waals surface area contributed by atoms with Gasteiger partial charge in [-0.25, -0.2) is 4.98 Å². The molecular weight excluding hydrogens is 296 g/mol. The van der Waals surface area contributed by atoms with E-state index >= 15 is 0 Å². The molecule has 1 aliphatic carbocycles. The van der Waals surface area contributed by atoms with Crippen molar-refractivity contribution in [1.29, 1.82) is 0 Å². The van der Waals surface area contributed by atoms with Gasteiger partial charge in [0.25, 0.3) is 5.91 Å². The van der Waals surface area contributed by atoms with Crippen molar-refractivity contribution in [3.05, 3.63) is 34.6 Å². The normalized spacial score (nSPS) is 17.2. The van der Waals surface area contributed by atoms with Crippen LogP contribution in [0.1, 0.15) is 27.5 Å². The quantitative estimate of drug-likeness (QED) is 0.890. The van der Waals surface area contributed by atoms with Crippen LogP contribution in [-0.4, -0.2) is 21.5 Å². The lowest BCUT2D eigenvalue weighted by Crippen LogP contribution is -2.27. The van der Waals surface area contributed by atoms with Crippen LogP contribution >= 0.6 is 23.7 Å². The molecule has 20 heavy (non-hydrogen) atoms. The van der Waals surface area contributed by atoms with Crippen molar-refractivity contribution >= 4 is 34.8 Å². The van der Waals surface area contributed by atoms with Crippen LogP contribution in [0.5, 0.6) is 0 Å². The Balaban J connectivity index is 0.00000147. The van der Waals surface area contributed by atoms with Gasteiger partial charge in [0, 0.05) is 24.2 Å². The molecule has 5 nitrogen and oxygen atoms in total. The summed E-state index contributed by atoms with van der Waals surface area (Å²) in [6, 6.07) is 3.86. The maximum absolute atomic E-state index is 12.1. The molecule has 1 amide bonds. The van der Waals surface area contributed by atoms with Crippen molar-refractivity contribution in [1.82, 2.24) is 9.55 Å². The molecule has 108 valence electrons. The highest BCUT2D eigenvalue weighted by Crippen LogP contribution is 2.29. The third-order valence-electron chi connectivity index (χ3n) is 3.37. The summed E-state index contributed by atoms with van der Waals surface area (Å²) in [5.74, 6) is -0.122. The third-order valence-corrected chi connectivity index (χ3v) is 4.41. The van der Waals surface area contributed by atoms with E-state index in [2.05, 4.69) is 10.3 Å². The molecule has 1 atom stereocenters. The fourth-order valence-electron chi connectivity index (χ4n) is 2.31. The Hall–Kier alpha value is -1.37. The number of nitrogens with two attached hydrogens (primary N) is 1. The maximum atomic E-state index is 12.1. The summed E-state index contributed by atoms with van der Waals surface area (Å²) in [6.45, 7) is 0. The van der Waals surface area contributed by atoms with E-state index in [0.29, 0.717) is 10.8 Å². The van der Waals surface area contributed by atoms with Crippen LogP contribution in [0.25, 0.3) is 0 Å². The molecule has 0 aliphatic heterocycles. The molecule has 1 aliphatic rings. The highest BCUT2D eigenvalue weighted by molar-refractivity contribution is 7.15. The van der Waals surface area contributed by atoms with E-state index in [1.165, 1.54) is 16.2 Å². The lowest BCUT2D eigenvalue weighted by Gasteiger charge is -2.15. The van der Waals surface area contributed by atoms with Crippen LogP contribution in [0.15, 0.2) is 18.3 Å². The summed E-state index contributed by atoms with van der Waals surface area (Å²) in [5, 5.41) is 3.54. The summed E-state index contributed by atoms with van der Waals surface area (Å²) < 4.78 is 1.79. The molecule has 0 saturated carbocycles. The van der Waals surface area contributed by atoms with Crippen molar-refractivity contribution in [3.63, 3.8) is 0 Å². The first-order chi connectivity index (χ1) is 9.13. The molecule has 2 aromatic rings. The number of thiazole rings is 1. The number of nitrogens with zero attached hydrogens (tertiary/aromatic N) is 2. The number of carbonyl (C=O) groups is 1. The van der Waals surface area contributed by atoms with Crippen LogP contribution in [0.4, 0.5) is 5.13 Å². The predicted octanol–water partition coefficient (Wildman–Crippen LogP) is 1.97. The predicted molar refractivity (Wildman–Crippen MR) is 82.7 cm³/mol. The molecule has 3 rings (SSSR count). The number of rotatable bonds is 2. The zero-order valence-corrected chi connectivity index (χ0v) is 12.8. The molecule has 0 fully saturated rings. The standard InChI is InChI=1S/C13H16N4OS.ClH/c1-17-6-2-3-10(17)12(18)16-13-15-9-5-4-8(14)7-11(9)19-13;/h2-3,6,8H,4-5,7,14H2,1H3,(H,15,16,18);1H/t8-;/m0./s1. The lowest BCUT2D eigenvalue weighted by molar-refractivity contribution is 0.101. The molecule has 0 unspecified atom stereocenters. The summed E-state index contributed by atoms with van der Waals surface area (Å²) in [4.78, 5) is 17.8. The van der Waals surface area contributed by atoms with Gasteiger partial charge in [-0.1, -0.05) is 0 Å². The van der Waals surface area contributed by atoms with Gasteiger partial charge >= 0.3 is 0 Å². The Bertz CT molecular complexity index is 622. The topological polar surface area (TPSA) is 72.9 Å². The number of fused-ring (bicyclic) bond motifs is 1. The Labute approximate surface area is 127 Å². The summed E-state index contributed by atoms with van der Waals surface area (Å²) in [6.07, 6.45) is 4.60. The van der Waals surface area contributed by atoms with Gasteiger partial charge in [0.2, 0.25) is 0 Å². The molecule has 0 radical (unpaired) electrons. The number of nitrogens with one attached hydrogen (secondary N) is 1. The highest BCUT2D eigenvalue weighted by atomic mass is 35.5. The monoisotopic (exact) mass is 312 g/mol. The van der Waals surface area contributed by atoms with E-state index in [0.717, 1.165) is 25.0 Å². The molecule has 3 N–H and O–H groups in total. The molecule has 0 aromatic carbocycles. The Kier molecular flexibility index (Phi) is 4.47. The van der Waals surface area contributed by atoms with Gasteiger partial charge < -0.3 is 10.3 Å². The number of aryl methyl sites for hydroxylation is 2. The largest absolute Gasteiger partial charge is 0.347 e. The molecule has 0 spiro atoms. The van der Waals surface area contributed by atoms with E-state index in [4.69, 9.17) is 5.73 Å². The van der Waals surface area contributed by atoms with Gasteiger partial charge in [-0.15, -0.1) is 23.7 Å². The van der Waals surface area contributed by atoms with Gasteiger partial charge in [-0.2, -0.15) is 0 Å². The minimum absolute atomic E-state index is 0. The van der Waals surface area contributed by atoms with Crippen LogP contribution in [0, 0.1) is 0 Å². The smallest absolute Gasteiger partial charge is 0.274 e. The van der Waals surface area contributed by atoms with Crippen LogP contribution < -0.4 is 11.1 Å². The minimum atomic E-state index is -0.122. The first kappa shape index (κ1) is 15.0. The first-order valence-electron chi connectivity index (χ1n) is 6.30. The fraction of sp³-hybridized carbons (Fsp3) is 0.385. The molecule has 2 heterocycles. The van der Waals surface area contributed by atoms with Crippen molar-refractivity contribution in [2.24, 2.45) is 12.8 Å². The highest BCUT2D eigenvalue weighted by Gasteiger charge is 2.21. The summed E-state index contributed by atoms with van der Waals surface area (Å²) in [5.41, 5.74) is 7.67. The number of anilines is 1. The zero-order valence-electron chi connectivity index (χ0n) is 11.1. The van der Waals surface area contributed by atoms with E-state index in [9.17, 15) is 4.79 Å². The zero-order chi connectivity index (χ0) is 13.4. The molecule has 0 bridgehead atoms. The Morgan fingerprint density at radius 1 is 1.60 bits per heavy atom. The molecule has 7 heteroatoms. The second kappa shape index (κ2) is 5.95. The lowest BCUT2D eigenvalue weighted by atomic mass is 9.99. The van der Waals surface area contributed by atoms with Crippen molar-refractivity contribution in [2.45, 2.75) is 25.3 Å². The average molecular weight is 313 g/mol. The van der Waals surface area contributed by atoms with Crippen LogP contribution in [-0.2, 0) is 19.9 Å². The van der Waals surface area contributed by atoms with E-state index < -0.39 is 0 Å². The Morgan fingerprint density at radius 2 is 2.40 bits per heavy atom. The van der Waals surface area contributed by atoms with E-state index in [1.54, 1.807) is 10.6 Å². The van der Waals surface area contributed by atoms with E-state index in [1.807, 2.05) is 19.3 Å². The van der Waals surface area contributed by atoms with Crippen LogP contribution in [0.3, 0.4) is 0 Å². The second-order valence-corrected chi connectivity index (χ2v) is 5.93. The first-order valence-corrected chi connectivity index (χ1v) is 7.12. The van der Waals surface area contributed by atoms with Crippen molar-refractivity contribution in [3.8, 4) is 0 Å². The molecule has 0 saturated heterocycles. The number of carbonyl (C=O) groups excluding carboxylic acids is 1. The van der Waals surface area contributed by atoms with Gasteiger partial charge in [-0.3, -0.25) is 10.1 Å². The summed E-state index contributed by atoms with van der Waals surface area (Å²) >= 11 is 1.54. The number of hydrogen-bond acceptors (Lipinski definition) is 4. The fourth-order valence-corrected chi connectivity index (χ4v) is 3.41. The third kappa shape index (κ3) is 2.87. The summed E-state index contributed by atoms with van der Waals surface area (Å²) in [7, 11) is 1.85. The second-order valence-electron chi connectivity index (χ2n) is 4.85. The van der Waals surface area contributed by atoms with E-state index in [-0.39, 0.29) is 24.4 Å². The molecule has 2 aromatic heterocycles. The van der Waals surface area contributed by atoms with Crippen LogP contribution in [0.2, 0.25) is 0 Å². The van der Waals surface area contributed by atoms with Gasteiger partial charge in [0.1, 0.15) is 5.69 Å². The average Bonchev–Trinajstić information content (AvgIpc) is 2.94. The minimum Gasteiger partial charge on any atom is -0.347 e. The number of aromatic nitrogens is 2. The Morgan fingerprint density at radius 3 is 3.10 bits per heavy atom. The maximum Gasteiger partial charge on any atom is 0.274 e. The number of hydrogen-bond donors (Lipinski definition) is 2. The van der Waals surface area contributed by atoms with Crippen molar-refractivity contribution < 1.29 is 4.79 Å². The van der Waals surface area contributed by atoms with Gasteiger partial charge in [0.05, 0.1) is 5.69 Å². The number of amides is 1. The number of halogens is 1. The van der Waals surface area contributed by atoms with Gasteiger partial charge in [0.15, 0.2) is 5.13 Å². The molecular formula is C13H17ClN4OS. The van der Waals surface area contributed by atoms with Gasteiger partial charge in [-0.05, 0) is 31.4 Å². The SMILES string of the molecule is Cl.Cn1cccc1C(=O)Nc1nc2c(s1)C[C@@H](N)CC2. The van der Waals surface area contributed by atoms with Crippen molar-refractivity contribution in [2.75, 3.05) is 5.32 Å².